The highest BCUT2D eigenvalue weighted by Gasteiger charge is 2.10. The zero-order valence-corrected chi connectivity index (χ0v) is 9.34. The SMILES string of the molecule is [CH2-][NH2+]C(Cc1ccccc1)c1ccccc1. The fourth-order valence-corrected chi connectivity index (χ4v) is 1.91. The van der Waals surface area contributed by atoms with Gasteiger partial charge in [-0.15, -0.1) is 0 Å². The number of hydrogen-bond acceptors (Lipinski definition) is 0. The van der Waals surface area contributed by atoms with Crippen molar-refractivity contribution in [2.45, 2.75) is 12.5 Å². The molecule has 0 aliphatic rings. The summed E-state index contributed by atoms with van der Waals surface area (Å²) < 4.78 is 0. The Morgan fingerprint density at radius 1 is 0.875 bits per heavy atom. The molecule has 1 atom stereocenters. The van der Waals surface area contributed by atoms with Crippen LogP contribution in [-0.4, -0.2) is 0 Å². The first-order chi connectivity index (χ1) is 7.90. The molecule has 0 spiro atoms. The molecule has 0 saturated heterocycles. The van der Waals surface area contributed by atoms with E-state index in [1.165, 1.54) is 11.1 Å². The van der Waals surface area contributed by atoms with Gasteiger partial charge in [-0.05, 0) is 5.56 Å². The van der Waals surface area contributed by atoms with Crippen molar-refractivity contribution in [1.29, 1.82) is 0 Å². The molecule has 2 aromatic carbocycles. The fourth-order valence-electron chi connectivity index (χ4n) is 1.91. The van der Waals surface area contributed by atoms with Crippen LogP contribution < -0.4 is 5.32 Å². The van der Waals surface area contributed by atoms with E-state index in [9.17, 15) is 0 Å². The second-order valence-corrected chi connectivity index (χ2v) is 3.94. The number of rotatable bonds is 4. The van der Waals surface area contributed by atoms with Crippen molar-refractivity contribution in [2.75, 3.05) is 0 Å². The van der Waals surface area contributed by atoms with E-state index >= 15 is 0 Å². The lowest BCUT2D eigenvalue weighted by molar-refractivity contribution is -0.640. The van der Waals surface area contributed by atoms with Gasteiger partial charge in [0, 0.05) is 12.0 Å². The Morgan fingerprint density at radius 3 is 2.00 bits per heavy atom. The Bertz CT molecular complexity index is 408. The maximum atomic E-state index is 3.93. The highest BCUT2D eigenvalue weighted by Crippen LogP contribution is 2.14. The summed E-state index contributed by atoms with van der Waals surface area (Å²) >= 11 is 0. The molecule has 1 nitrogen and oxygen atoms in total. The molecular weight excluding hydrogens is 194 g/mol. The molecule has 2 N–H and O–H groups in total. The van der Waals surface area contributed by atoms with E-state index in [0.717, 1.165) is 6.42 Å². The Labute approximate surface area is 97.1 Å². The maximum Gasteiger partial charge on any atom is 0.0917 e. The second kappa shape index (κ2) is 5.47. The summed E-state index contributed by atoms with van der Waals surface area (Å²) in [6.07, 6.45) is 1.02. The molecule has 0 saturated carbocycles. The molecule has 0 fully saturated rings. The summed E-state index contributed by atoms with van der Waals surface area (Å²) in [4.78, 5) is 0. The van der Waals surface area contributed by atoms with Gasteiger partial charge in [0.25, 0.3) is 0 Å². The fraction of sp³-hybridized carbons (Fsp3) is 0.133. The van der Waals surface area contributed by atoms with Crippen molar-refractivity contribution >= 4 is 0 Å². The highest BCUT2D eigenvalue weighted by atomic mass is 14.9. The van der Waals surface area contributed by atoms with Crippen molar-refractivity contribution in [3.05, 3.63) is 78.8 Å². The minimum absolute atomic E-state index is 0.406. The third kappa shape index (κ3) is 2.71. The van der Waals surface area contributed by atoms with E-state index in [1.54, 1.807) is 0 Å². The molecule has 1 unspecified atom stereocenters. The third-order valence-corrected chi connectivity index (χ3v) is 2.81. The minimum Gasteiger partial charge on any atom is -0.472 e. The Balaban J connectivity index is 2.13. The predicted molar refractivity (Wildman–Crippen MR) is 66.6 cm³/mol. The van der Waals surface area contributed by atoms with E-state index in [2.05, 4.69) is 61.6 Å². The molecule has 1 heteroatoms. The first-order valence-corrected chi connectivity index (χ1v) is 5.61. The Kier molecular flexibility index (Phi) is 3.73. The van der Waals surface area contributed by atoms with Gasteiger partial charge in [0.05, 0.1) is 6.04 Å². The van der Waals surface area contributed by atoms with Crippen LogP contribution in [0.2, 0.25) is 0 Å². The van der Waals surface area contributed by atoms with Crippen LogP contribution in [0, 0.1) is 7.05 Å². The zero-order valence-electron chi connectivity index (χ0n) is 9.34. The number of nitrogens with two attached hydrogens (primary N) is 1. The third-order valence-electron chi connectivity index (χ3n) is 2.81. The summed E-state index contributed by atoms with van der Waals surface area (Å²) in [5, 5.41) is 2.03. The average Bonchev–Trinajstić information content (AvgIpc) is 2.38. The van der Waals surface area contributed by atoms with Crippen LogP contribution >= 0.6 is 0 Å². The van der Waals surface area contributed by atoms with E-state index in [1.807, 2.05) is 11.4 Å². The Morgan fingerprint density at radius 2 is 1.44 bits per heavy atom. The van der Waals surface area contributed by atoms with Gasteiger partial charge in [0.15, 0.2) is 0 Å². The topological polar surface area (TPSA) is 16.6 Å². The number of benzene rings is 2. The molecule has 82 valence electrons. The highest BCUT2D eigenvalue weighted by molar-refractivity contribution is 5.22. The number of hydrogen-bond donors (Lipinski definition) is 1. The predicted octanol–water partition coefficient (Wildman–Crippen LogP) is 2.33. The van der Waals surface area contributed by atoms with Crippen LogP contribution in [0.5, 0.6) is 0 Å². The van der Waals surface area contributed by atoms with Crippen LogP contribution in [0.3, 0.4) is 0 Å². The van der Waals surface area contributed by atoms with Gasteiger partial charge >= 0.3 is 0 Å². The van der Waals surface area contributed by atoms with Crippen molar-refractivity contribution in [2.24, 2.45) is 0 Å². The summed E-state index contributed by atoms with van der Waals surface area (Å²) in [7, 11) is 3.93. The lowest BCUT2D eigenvalue weighted by Gasteiger charge is -2.17. The Hall–Kier alpha value is -1.60. The largest absolute Gasteiger partial charge is 0.472 e. The molecule has 2 aromatic rings. The first-order valence-electron chi connectivity index (χ1n) is 5.61. The van der Waals surface area contributed by atoms with E-state index in [4.69, 9.17) is 0 Å². The molecule has 0 radical (unpaired) electrons. The summed E-state index contributed by atoms with van der Waals surface area (Å²) in [5.41, 5.74) is 2.69. The molecule has 2 rings (SSSR count). The van der Waals surface area contributed by atoms with Crippen LogP contribution in [0.4, 0.5) is 0 Å². The molecule has 0 bridgehead atoms. The van der Waals surface area contributed by atoms with Gasteiger partial charge in [-0.3, -0.25) is 0 Å². The van der Waals surface area contributed by atoms with E-state index < -0.39 is 0 Å². The second-order valence-electron chi connectivity index (χ2n) is 3.94. The summed E-state index contributed by atoms with van der Waals surface area (Å²) in [6, 6.07) is 21.5. The quantitative estimate of drug-likeness (QED) is 0.747. The van der Waals surface area contributed by atoms with Crippen LogP contribution in [0.25, 0.3) is 0 Å². The summed E-state index contributed by atoms with van der Waals surface area (Å²) in [5.74, 6) is 0. The van der Waals surface area contributed by atoms with Gasteiger partial charge in [0.2, 0.25) is 0 Å². The van der Waals surface area contributed by atoms with Crippen molar-refractivity contribution < 1.29 is 5.32 Å². The van der Waals surface area contributed by atoms with E-state index in [0.29, 0.717) is 6.04 Å². The first kappa shape index (κ1) is 10.9. The molecular formula is C15H17N. The normalized spacial score (nSPS) is 12.3. The van der Waals surface area contributed by atoms with Crippen LogP contribution in [0.15, 0.2) is 60.7 Å². The molecule has 0 aromatic heterocycles. The lowest BCUT2D eigenvalue weighted by atomic mass is 9.99. The standard InChI is InChI=1S/C15H17N/c1-16-15(14-10-6-3-7-11-14)12-13-8-4-2-5-9-13/h2-11,15H,1,12,16H2. The van der Waals surface area contributed by atoms with Crippen molar-refractivity contribution in [3.8, 4) is 0 Å². The van der Waals surface area contributed by atoms with Crippen LogP contribution in [0.1, 0.15) is 17.2 Å². The van der Waals surface area contributed by atoms with Crippen LogP contribution in [-0.2, 0) is 6.42 Å². The molecule has 0 aliphatic carbocycles. The monoisotopic (exact) mass is 211 g/mol. The van der Waals surface area contributed by atoms with Crippen molar-refractivity contribution in [3.63, 3.8) is 0 Å². The van der Waals surface area contributed by atoms with Gasteiger partial charge in [-0.25, -0.2) is 0 Å². The molecule has 0 heterocycles. The van der Waals surface area contributed by atoms with Gasteiger partial charge in [0.1, 0.15) is 0 Å². The minimum atomic E-state index is 0.406. The van der Waals surface area contributed by atoms with E-state index in [-0.39, 0.29) is 0 Å². The smallest absolute Gasteiger partial charge is 0.0917 e. The number of quaternary nitrogens is 1. The van der Waals surface area contributed by atoms with Gasteiger partial charge < -0.3 is 5.32 Å². The zero-order chi connectivity index (χ0) is 11.2. The average molecular weight is 211 g/mol. The maximum absolute atomic E-state index is 3.93. The summed E-state index contributed by atoms with van der Waals surface area (Å²) in [6.45, 7) is 0. The lowest BCUT2D eigenvalue weighted by Crippen LogP contribution is -2.78. The molecule has 0 amide bonds. The van der Waals surface area contributed by atoms with Gasteiger partial charge in [-0.1, -0.05) is 60.7 Å². The van der Waals surface area contributed by atoms with Crippen molar-refractivity contribution in [1.82, 2.24) is 0 Å². The molecule has 16 heavy (non-hydrogen) atoms. The van der Waals surface area contributed by atoms with Gasteiger partial charge in [-0.2, -0.15) is 7.05 Å². The molecule has 0 aliphatic heterocycles.